The Bertz CT molecular complexity index is 1180. The zero-order chi connectivity index (χ0) is 20.6. The number of methoxy groups -OCH3 is 2. The van der Waals surface area contributed by atoms with Gasteiger partial charge in [0.1, 0.15) is 11.4 Å². The van der Waals surface area contributed by atoms with Gasteiger partial charge in [-0.25, -0.2) is 0 Å². The lowest BCUT2D eigenvalue weighted by Crippen LogP contribution is -2.07. The molecule has 0 amide bonds. The first-order valence-corrected chi connectivity index (χ1v) is 9.50. The average molecular weight is 421 g/mol. The van der Waals surface area contributed by atoms with E-state index in [0.717, 1.165) is 0 Å². The standard InChI is InChI=1S/C17H15N3O8S/c1-24-11-4-3-9(5-12(11)28-29(21,22)23)15-16(19-20-18-15)10-6-13(25-2)17-14(7-10)26-8-27-17/h3-7H,8H2,1-2H3,(H,18,19,20)(H,21,22,23). The number of benzene rings is 2. The van der Waals surface area contributed by atoms with Crippen molar-refractivity contribution in [3.05, 3.63) is 30.3 Å². The van der Waals surface area contributed by atoms with Gasteiger partial charge < -0.3 is 23.1 Å². The molecule has 2 N–H and O–H groups in total. The topological polar surface area (TPSA) is 142 Å². The highest BCUT2D eigenvalue weighted by atomic mass is 32.3. The number of aromatic amines is 1. The first-order chi connectivity index (χ1) is 13.9. The summed E-state index contributed by atoms with van der Waals surface area (Å²) in [6, 6.07) is 7.92. The minimum absolute atomic E-state index is 0.0790. The molecule has 3 aromatic rings. The van der Waals surface area contributed by atoms with Crippen molar-refractivity contribution in [2.45, 2.75) is 0 Å². The Morgan fingerprint density at radius 3 is 2.34 bits per heavy atom. The Kier molecular flexibility index (Phi) is 4.64. The van der Waals surface area contributed by atoms with Gasteiger partial charge in [-0.2, -0.15) is 23.8 Å². The number of hydrogen-bond acceptors (Lipinski definition) is 9. The van der Waals surface area contributed by atoms with E-state index in [-0.39, 0.29) is 18.3 Å². The highest BCUT2D eigenvalue weighted by Crippen LogP contribution is 2.45. The van der Waals surface area contributed by atoms with E-state index in [1.807, 2.05) is 0 Å². The van der Waals surface area contributed by atoms with E-state index in [1.165, 1.54) is 26.4 Å². The quantitative estimate of drug-likeness (QED) is 0.568. The van der Waals surface area contributed by atoms with E-state index in [2.05, 4.69) is 19.6 Å². The van der Waals surface area contributed by atoms with E-state index < -0.39 is 10.4 Å². The maximum Gasteiger partial charge on any atom is 0.446 e. The molecule has 1 aliphatic heterocycles. The maximum absolute atomic E-state index is 11.1. The van der Waals surface area contributed by atoms with Crippen LogP contribution in [0.5, 0.6) is 28.7 Å². The molecule has 0 aliphatic carbocycles. The Morgan fingerprint density at radius 1 is 0.966 bits per heavy atom. The summed E-state index contributed by atoms with van der Waals surface area (Å²) < 4.78 is 57.1. The van der Waals surface area contributed by atoms with Crippen LogP contribution in [-0.2, 0) is 10.4 Å². The van der Waals surface area contributed by atoms with E-state index in [1.54, 1.807) is 18.2 Å². The van der Waals surface area contributed by atoms with Gasteiger partial charge in [-0.3, -0.25) is 4.55 Å². The summed E-state index contributed by atoms with van der Waals surface area (Å²) in [6.45, 7) is 0.0790. The Hall–Kier alpha value is -3.51. The Balaban J connectivity index is 1.81. The highest BCUT2D eigenvalue weighted by molar-refractivity contribution is 7.81. The summed E-state index contributed by atoms with van der Waals surface area (Å²) in [5.41, 5.74) is 1.94. The van der Waals surface area contributed by atoms with Crippen LogP contribution in [0.3, 0.4) is 0 Å². The van der Waals surface area contributed by atoms with Crippen LogP contribution in [0.15, 0.2) is 30.3 Å². The van der Waals surface area contributed by atoms with Crippen LogP contribution in [0, 0.1) is 0 Å². The van der Waals surface area contributed by atoms with Gasteiger partial charge in [0.15, 0.2) is 23.0 Å². The van der Waals surface area contributed by atoms with Crippen molar-refractivity contribution in [1.82, 2.24) is 15.4 Å². The van der Waals surface area contributed by atoms with Crippen molar-refractivity contribution < 1.29 is 36.1 Å². The second-order valence-corrected chi connectivity index (χ2v) is 6.83. The third-order valence-electron chi connectivity index (χ3n) is 4.11. The first kappa shape index (κ1) is 18.8. The van der Waals surface area contributed by atoms with Gasteiger partial charge >= 0.3 is 10.4 Å². The van der Waals surface area contributed by atoms with Crippen LogP contribution in [0.1, 0.15) is 0 Å². The summed E-state index contributed by atoms with van der Waals surface area (Å²) in [6.07, 6.45) is 0. The molecule has 1 aromatic heterocycles. The molecular formula is C17H15N3O8S. The molecule has 11 nitrogen and oxygen atoms in total. The van der Waals surface area contributed by atoms with Crippen molar-refractivity contribution in [1.29, 1.82) is 0 Å². The van der Waals surface area contributed by atoms with Crippen LogP contribution in [0.4, 0.5) is 0 Å². The molecule has 0 radical (unpaired) electrons. The van der Waals surface area contributed by atoms with Crippen LogP contribution in [0.25, 0.3) is 22.5 Å². The highest BCUT2D eigenvalue weighted by Gasteiger charge is 2.24. The van der Waals surface area contributed by atoms with Gasteiger partial charge in [0, 0.05) is 11.1 Å². The smallest absolute Gasteiger partial charge is 0.446 e. The Morgan fingerprint density at radius 2 is 1.66 bits per heavy atom. The fourth-order valence-corrected chi connectivity index (χ4v) is 3.26. The lowest BCUT2D eigenvalue weighted by Gasteiger charge is -2.10. The monoisotopic (exact) mass is 421 g/mol. The summed E-state index contributed by atoms with van der Waals surface area (Å²) in [5, 5.41) is 10.9. The summed E-state index contributed by atoms with van der Waals surface area (Å²) in [5.74, 6) is 1.37. The SMILES string of the molecule is COc1ccc(-c2n[nH]nc2-c2cc(OC)c3c(c2)OCO3)cc1OS(=O)(=O)O. The molecule has 0 fully saturated rings. The van der Waals surface area contributed by atoms with Gasteiger partial charge in [-0.15, -0.1) is 0 Å². The molecule has 0 atom stereocenters. The molecule has 1 aliphatic rings. The third-order valence-corrected chi connectivity index (χ3v) is 4.50. The zero-order valence-electron chi connectivity index (χ0n) is 15.2. The molecule has 29 heavy (non-hydrogen) atoms. The largest absolute Gasteiger partial charge is 0.493 e. The van der Waals surface area contributed by atoms with E-state index in [4.69, 9.17) is 23.5 Å². The van der Waals surface area contributed by atoms with Crippen LogP contribution >= 0.6 is 0 Å². The first-order valence-electron chi connectivity index (χ1n) is 8.13. The Labute approximate surface area is 165 Å². The fraction of sp³-hybridized carbons (Fsp3) is 0.176. The van der Waals surface area contributed by atoms with Crippen molar-refractivity contribution in [3.8, 4) is 51.3 Å². The van der Waals surface area contributed by atoms with Gasteiger partial charge in [-0.05, 0) is 30.3 Å². The van der Waals surface area contributed by atoms with Gasteiger partial charge in [0.25, 0.3) is 0 Å². The van der Waals surface area contributed by atoms with Gasteiger partial charge in [0.2, 0.25) is 12.5 Å². The predicted molar refractivity (Wildman–Crippen MR) is 98.7 cm³/mol. The lowest BCUT2D eigenvalue weighted by molar-refractivity contribution is 0.171. The van der Waals surface area contributed by atoms with E-state index in [9.17, 15) is 8.42 Å². The molecule has 152 valence electrons. The van der Waals surface area contributed by atoms with Crippen LogP contribution in [0.2, 0.25) is 0 Å². The maximum atomic E-state index is 11.1. The molecule has 0 saturated carbocycles. The summed E-state index contributed by atoms with van der Waals surface area (Å²) >= 11 is 0. The third kappa shape index (κ3) is 3.62. The molecular weight excluding hydrogens is 406 g/mol. The number of H-pyrrole nitrogens is 1. The summed E-state index contributed by atoms with van der Waals surface area (Å²) in [4.78, 5) is 0. The van der Waals surface area contributed by atoms with Crippen LogP contribution < -0.4 is 23.1 Å². The normalized spacial score (nSPS) is 12.7. The molecule has 0 bridgehead atoms. The number of nitrogens with one attached hydrogen (secondary N) is 1. The zero-order valence-corrected chi connectivity index (χ0v) is 16.0. The molecule has 0 spiro atoms. The van der Waals surface area contributed by atoms with Crippen molar-refractivity contribution in [3.63, 3.8) is 0 Å². The van der Waals surface area contributed by atoms with E-state index >= 15 is 0 Å². The summed E-state index contributed by atoms with van der Waals surface area (Å²) in [7, 11) is -1.90. The molecule has 12 heteroatoms. The minimum Gasteiger partial charge on any atom is -0.493 e. The number of rotatable bonds is 6. The van der Waals surface area contributed by atoms with Crippen molar-refractivity contribution in [2.75, 3.05) is 21.0 Å². The minimum atomic E-state index is -4.74. The number of ether oxygens (including phenoxy) is 4. The predicted octanol–water partition coefficient (Wildman–Crippen LogP) is 2.07. The molecule has 4 rings (SSSR count). The molecule has 0 saturated heterocycles. The number of aromatic nitrogens is 3. The lowest BCUT2D eigenvalue weighted by atomic mass is 10.0. The van der Waals surface area contributed by atoms with Gasteiger partial charge in [-0.1, -0.05) is 0 Å². The molecule has 0 unspecified atom stereocenters. The molecule has 2 aromatic carbocycles. The number of fused-ring (bicyclic) bond motifs is 1. The van der Waals surface area contributed by atoms with E-state index in [0.29, 0.717) is 39.8 Å². The fourth-order valence-electron chi connectivity index (χ4n) is 2.90. The second kappa shape index (κ2) is 7.14. The van der Waals surface area contributed by atoms with Gasteiger partial charge in [0.05, 0.1) is 14.2 Å². The van der Waals surface area contributed by atoms with Crippen molar-refractivity contribution in [2.24, 2.45) is 0 Å². The second-order valence-electron chi connectivity index (χ2n) is 5.81. The molecule has 2 heterocycles. The number of hydrogen-bond donors (Lipinski definition) is 2. The number of nitrogens with zero attached hydrogens (tertiary/aromatic N) is 2. The average Bonchev–Trinajstić information content (AvgIpc) is 3.35. The van der Waals surface area contributed by atoms with Crippen molar-refractivity contribution >= 4 is 10.4 Å². The van der Waals surface area contributed by atoms with Crippen LogP contribution in [-0.4, -0.2) is 49.4 Å².